The van der Waals surface area contributed by atoms with Crippen LogP contribution in [0.2, 0.25) is 0 Å². The monoisotopic (exact) mass is 324 g/mol. The highest BCUT2D eigenvalue weighted by atomic mass is 16.5. The Morgan fingerprint density at radius 2 is 1.38 bits per heavy atom. The van der Waals surface area contributed by atoms with Crippen LogP contribution >= 0.6 is 0 Å². The topological polar surface area (TPSA) is 38.7 Å². The Morgan fingerprint density at radius 3 is 2.00 bits per heavy atom. The third kappa shape index (κ3) is 5.03. The molecule has 0 spiro atoms. The first kappa shape index (κ1) is 16.9. The predicted octanol–water partition coefficient (Wildman–Crippen LogP) is 3.73. The van der Waals surface area contributed by atoms with Gasteiger partial charge in [0.25, 0.3) is 0 Å². The molecule has 0 heterocycles. The molecule has 0 bridgehead atoms. The van der Waals surface area contributed by atoms with Crippen molar-refractivity contribution in [2.45, 2.75) is 25.7 Å². The van der Waals surface area contributed by atoms with Crippen molar-refractivity contribution in [2.24, 2.45) is 5.92 Å². The molecule has 0 aliphatic heterocycles. The number of rotatable bonds is 8. The fraction of sp³-hybridized carbons (Fsp3) is 0.333. The maximum absolute atomic E-state index is 9.92. The van der Waals surface area contributed by atoms with Gasteiger partial charge < -0.3 is 14.6 Å². The summed E-state index contributed by atoms with van der Waals surface area (Å²) < 4.78 is 11.7. The molecule has 126 valence electrons. The normalized spacial score (nSPS) is 20.1. The van der Waals surface area contributed by atoms with E-state index >= 15 is 0 Å². The largest absolute Gasteiger partial charge is 0.389 e. The molecule has 2 atom stereocenters. The zero-order chi connectivity index (χ0) is 16.6. The minimum Gasteiger partial charge on any atom is -0.389 e. The maximum Gasteiger partial charge on any atom is 0.0731 e. The van der Waals surface area contributed by atoms with E-state index in [-0.39, 0.29) is 12.0 Å². The lowest BCUT2D eigenvalue weighted by molar-refractivity contribution is 0.0773. The van der Waals surface area contributed by atoms with E-state index < -0.39 is 0 Å². The van der Waals surface area contributed by atoms with Crippen molar-refractivity contribution >= 4 is 0 Å². The summed E-state index contributed by atoms with van der Waals surface area (Å²) in [7, 11) is 0. The molecule has 0 unspecified atom stereocenters. The summed E-state index contributed by atoms with van der Waals surface area (Å²) in [5.41, 5.74) is 3.47. The highest BCUT2D eigenvalue weighted by Gasteiger charge is 2.25. The standard InChI is InChI=1S/C21H24O3/c22-21-11-19(15-23-13-17-7-3-1-4-8-17)20(12-21)16-24-14-18-9-5-2-6-10-18/h1-11,20-22H,12-16H2/t20-,21+/m1/s1. The Kier molecular flexibility index (Phi) is 6.19. The van der Waals surface area contributed by atoms with Crippen LogP contribution in [0.25, 0.3) is 0 Å². The summed E-state index contributed by atoms with van der Waals surface area (Å²) in [6.45, 7) is 2.36. The zero-order valence-electron chi connectivity index (χ0n) is 13.8. The van der Waals surface area contributed by atoms with Crippen LogP contribution in [0, 0.1) is 5.92 Å². The van der Waals surface area contributed by atoms with Gasteiger partial charge in [-0.1, -0.05) is 66.7 Å². The first-order valence-electron chi connectivity index (χ1n) is 8.43. The Morgan fingerprint density at radius 1 is 0.792 bits per heavy atom. The molecule has 3 nitrogen and oxygen atoms in total. The van der Waals surface area contributed by atoms with Gasteiger partial charge in [0.05, 0.1) is 32.5 Å². The van der Waals surface area contributed by atoms with Crippen molar-refractivity contribution in [3.8, 4) is 0 Å². The summed E-state index contributed by atoms with van der Waals surface area (Å²) >= 11 is 0. The lowest BCUT2D eigenvalue weighted by Crippen LogP contribution is -2.14. The molecule has 3 rings (SSSR count). The first-order valence-corrected chi connectivity index (χ1v) is 8.43. The van der Waals surface area contributed by atoms with Gasteiger partial charge in [-0.05, 0) is 23.1 Å². The minimum absolute atomic E-state index is 0.236. The van der Waals surface area contributed by atoms with Crippen molar-refractivity contribution in [1.29, 1.82) is 0 Å². The van der Waals surface area contributed by atoms with Crippen molar-refractivity contribution in [2.75, 3.05) is 13.2 Å². The SMILES string of the molecule is O[C@H]1C=C(COCc2ccccc2)[C@@H](COCc2ccccc2)C1. The summed E-state index contributed by atoms with van der Waals surface area (Å²) in [6, 6.07) is 20.3. The smallest absolute Gasteiger partial charge is 0.0731 e. The van der Waals surface area contributed by atoms with Crippen LogP contribution in [-0.4, -0.2) is 24.4 Å². The van der Waals surface area contributed by atoms with Crippen LogP contribution in [-0.2, 0) is 22.7 Å². The molecular formula is C21H24O3. The molecule has 0 saturated heterocycles. The molecule has 0 aromatic heterocycles. The summed E-state index contributed by atoms with van der Waals surface area (Å²) in [5.74, 6) is 0.236. The Balaban J connectivity index is 1.44. The second kappa shape index (κ2) is 8.78. The number of aliphatic hydroxyl groups is 1. The van der Waals surface area contributed by atoms with Crippen molar-refractivity contribution < 1.29 is 14.6 Å². The summed E-state index contributed by atoms with van der Waals surface area (Å²) in [5, 5.41) is 9.92. The molecule has 24 heavy (non-hydrogen) atoms. The molecule has 1 aliphatic carbocycles. The Hall–Kier alpha value is -1.94. The fourth-order valence-electron chi connectivity index (χ4n) is 2.99. The van der Waals surface area contributed by atoms with Gasteiger partial charge in [0.1, 0.15) is 0 Å². The number of hydrogen-bond donors (Lipinski definition) is 1. The first-order chi connectivity index (χ1) is 11.8. The van der Waals surface area contributed by atoms with Crippen LogP contribution in [0.5, 0.6) is 0 Å². The van der Waals surface area contributed by atoms with Gasteiger partial charge in [-0.3, -0.25) is 0 Å². The lowest BCUT2D eigenvalue weighted by Gasteiger charge is -2.16. The molecule has 0 saturated carbocycles. The molecule has 0 amide bonds. The third-order valence-electron chi connectivity index (χ3n) is 4.27. The van der Waals surface area contributed by atoms with Crippen LogP contribution in [0.15, 0.2) is 72.3 Å². The van der Waals surface area contributed by atoms with Crippen LogP contribution < -0.4 is 0 Å². The van der Waals surface area contributed by atoms with E-state index in [1.54, 1.807) is 0 Å². The predicted molar refractivity (Wildman–Crippen MR) is 94.4 cm³/mol. The summed E-state index contributed by atoms with van der Waals surface area (Å²) in [6.07, 6.45) is 2.26. The number of aliphatic hydroxyl groups excluding tert-OH is 1. The third-order valence-corrected chi connectivity index (χ3v) is 4.27. The van der Waals surface area contributed by atoms with Gasteiger partial charge in [0.2, 0.25) is 0 Å². The number of hydrogen-bond acceptors (Lipinski definition) is 3. The second-order valence-corrected chi connectivity index (χ2v) is 6.22. The van der Waals surface area contributed by atoms with Gasteiger partial charge in [-0.15, -0.1) is 0 Å². The molecular weight excluding hydrogens is 300 g/mol. The molecule has 2 aromatic rings. The van der Waals surface area contributed by atoms with Crippen LogP contribution in [0.4, 0.5) is 0 Å². The molecule has 0 radical (unpaired) electrons. The van der Waals surface area contributed by atoms with E-state index in [2.05, 4.69) is 24.3 Å². The van der Waals surface area contributed by atoms with Crippen LogP contribution in [0.1, 0.15) is 17.5 Å². The lowest BCUT2D eigenvalue weighted by atomic mass is 10.0. The van der Waals surface area contributed by atoms with E-state index in [1.165, 1.54) is 5.56 Å². The number of ether oxygens (including phenoxy) is 2. The van der Waals surface area contributed by atoms with Crippen LogP contribution in [0.3, 0.4) is 0 Å². The molecule has 0 fully saturated rings. The van der Waals surface area contributed by atoms with E-state index in [0.29, 0.717) is 26.4 Å². The van der Waals surface area contributed by atoms with Crippen molar-refractivity contribution in [3.63, 3.8) is 0 Å². The Bertz CT molecular complexity index is 637. The Labute approximate surface area is 143 Å². The highest BCUT2D eigenvalue weighted by Crippen LogP contribution is 2.27. The van der Waals surface area contributed by atoms with Gasteiger partial charge in [0.15, 0.2) is 0 Å². The molecule has 1 N–H and O–H groups in total. The van der Waals surface area contributed by atoms with Gasteiger partial charge in [-0.25, -0.2) is 0 Å². The maximum atomic E-state index is 9.92. The quantitative estimate of drug-likeness (QED) is 0.752. The van der Waals surface area contributed by atoms with E-state index in [0.717, 1.165) is 17.6 Å². The fourth-order valence-corrected chi connectivity index (χ4v) is 2.99. The molecule has 2 aromatic carbocycles. The number of benzene rings is 2. The van der Waals surface area contributed by atoms with Crippen molar-refractivity contribution in [3.05, 3.63) is 83.4 Å². The van der Waals surface area contributed by atoms with Crippen molar-refractivity contribution in [1.82, 2.24) is 0 Å². The van der Waals surface area contributed by atoms with E-state index in [4.69, 9.17) is 9.47 Å². The molecule has 3 heteroatoms. The minimum atomic E-state index is -0.384. The van der Waals surface area contributed by atoms with Gasteiger partial charge in [0, 0.05) is 5.92 Å². The average Bonchev–Trinajstić information content (AvgIpc) is 2.96. The van der Waals surface area contributed by atoms with Gasteiger partial charge in [-0.2, -0.15) is 0 Å². The van der Waals surface area contributed by atoms with Gasteiger partial charge >= 0.3 is 0 Å². The summed E-state index contributed by atoms with van der Waals surface area (Å²) in [4.78, 5) is 0. The second-order valence-electron chi connectivity index (χ2n) is 6.22. The average molecular weight is 324 g/mol. The highest BCUT2D eigenvalue weighted by molar-refractivity contribution is 5.18. The molecule has 1 aliphatic rings. The van der Waals surface area contributed by atoms with E-state index in [1.807, 2.05) is 42.5 Å². The van der Waals surface area contributed by atoms with E-state index in [9.17, 15) is 5.11 Å². The zero-order valence-corrected chi connectivity index (χ0v) is 13.8.